The molecular weight excluding hydrogens is 444 g/mol. The second-order valence-corrected chi connectivity index (χ2v) is 10.7. The molecule has 4 nitrogen and oxygen atoms in total. The summed E-state index contributed by atoms with van der Waals surface area (Å²) in [7, 11) is 0. The van der Waals surface area contributed by atoms with Crippen LogP contribution in [-0.4, -0.2) is 21.4 Å². The van der Waals surface area contributed by atoms with Gasteiger partial charge in [0.2, 0.25) is 5.91 Å². The molecule has 0 saturated heterocycles. The Bertz CT molecular complexity index is 989. The first kappa shape index (κ1) is 22.7. The lowest BCUT2D eigenvalue weighted by atomic mass is 10.0. The number of rotatable bonds is 8. The molecule has 0 aliphatic carbocycles. The van der Waals surface area contributed by atoms with Gasteiger partial charge >= 0.3 is 0 Å². The van der Waals surface area contributed by atoms with Crippen LogP contribution in [0, 0.1) is 11.6 Å². The second kappa shape index (κ2) is 10.4. The Kier molecular flexibility index (Phi) is 7.85. The van der Waals surface area contributed by atoms with Crippen molar-refractivity contribution in [3.63, 3.8) is 0 Å². The quantitative estimate of drug-likeness (QED) is 0.393. The van der Waals surface area contributed by atoms with Gasteiger partial charge in [-0.3, -0.25) is 4.79 Å². The van der Waals surface area contributed by atoms with Crippen molar-refractivity contribution in [1.82, 2.24) is 10.2 Å². The first-order valence-electron chi connectivity index (χ1n) is 9.30. The molecule has 1 atom stereocenters. The predicted molar refractivity (Wildman–Crippen MR) is 120 cm³/mol. The van der Waals surface area contributed by atoms with Crippen LogP contribution in [0.5, 0.6) is 0 Å². The molecule has 0 spiro atoms. The van der Waals surface area contributed by atoms with Crippen molar-refractivity contribution >= 4 is 46.5 Å². The number of hydrogen-bond acceptors (Lipinski definition) is 6. The van der Waals surface area contributed by atoms with Gasteiger partial charge < -0.3 is 5.32 Å². The molecule has 2 aromatic carbocycles. The van der Waals surface area contributed by atoms with Crippen LogP contribution in [0.3, 0.4) is 0 Å². The number of benzene rings is 2. The Morgan fingerprint density at radius 2 is 1.67 bits per heavy atom. The summed E-state index contributed by atoms with van der Waals surface area (Å²) in [5.74, 6) is -0.837. The van der Waals surface area contributed by atoms with E-state index in [4.69, 9.17) is 0 Å². The Hall–Kier alpha value is -1.97. The maximum atomic E-state index is 13.7. The van der Waals surface area contributed by atoms with Crippen molar-refractivity contribution in [3.05, 3.63) is 65.2 Å². The Morgan fingerprint density at radius 3 is 2.30 bits per heavy atom. The largest absolute Gasteiger partial charge is 0.320 e. The summed E-state index contributed by atoms with van der Waals surface area (Å²) >= 11 is 4.18. The van der Waals surface area contributed by atoms with Crippen molar-refractivity contribution in [3.8, 4) is 0 Å². The van der Waals surface area contributed by atoms with Crippen LogP contribution in [0.15, 0.2) is 51.1 Å². The molecule has 0 aliphatic rings. The van der Waals surface area contributed by atoms with E-state index < -0.39 is 28.5 Å². The Balaban J connectivity index is 1.53. The highest BCUT2D eigenvalue weighted by atomic mass is 32.2. The third kappa shape index (κ3) is 6.02. The maximum absolute atomic E-state index is 13.7. The highest BCUT2D eigenvalue weighted by molar-refractivity contribution is 8.03. The van der Waals surface area contributed by atoms with Crippen molar-refractivity contribution in [1.29, 1.82) is 0 Å². The van der Waals surface area contributed by atoms with E-state index in [1.165, 1.54) is 40.3 Å². The molecule has 1 unspecified atom stereocenters. The van der Waals surface area contributed by atoms with Gasteiger partial charge in [0.15, 0.2) is 8.68 Å². The molecule has 1 N–H and O–H groups in total. The summed E-state index contributed by atoms with van der Waals surface area (Å²) in [4.78, 5) is 12.3. The van der Waals surface area contributed by atoms with E-state index in [9.17, 15) is 13.6 Å². The molecule has 30 heavy (non-hydrogen) atoms. The Labute approximate surface area is 186 Å². The summed E-state index contributed by atoms with van der Waals surface area (Å²) in [5.41, 5.74) is 2.07. The molecule has 158 valence electrons. The average Bonchev–Trinajstić information content (AvgIpc) is 3.16. The highest BCUT2D eigenvalue weighted by Gasteiger charge is 2.20. The molecule has 9 heteroatoms. The van der Waals surface area contributed by atoms with Crippen LogP contribution >= 0.6 is 34.9 Å². The van der Waals surface area contributed by atoms with Crippen LogP contribution in [0.2, 0.25) is 0 Å². The highest BCUT2D eigenvalue weighted by Crippen LogP contribution is 2.33. The molecule has 1 amide bonds. The van der Waals surface area contributed by atoms with E-state index in [0.717, 1.165) is 22.2 Å². The Morgan fingerprint density at radius 1 is 1.03 bits per heavy atom. The van der Waals surface area contributed by atoms with Gasteiger partial charge in [-0.1, -0.05) is 79.0 Å². The number of thioether (sulfide) groups is 2. The number of halogens is 2. The smallest absolute Gasteiger partial charge is 0.237 e. The number of aromatic nitrogens is 2. The molecule has 0 radical (unpaired) electrons. The van der Waals surface area contributed by atoms with Crippen LogP contribution in [-0.2, 0) is 10.5 Å². The maximum Gasteiger partial charge on any atom is 0.237 e. The lowest BCUT2D eigenvalue weighted by Gasteiger charge is -2.11. The van der Waals surface area contributed by atoms with Gasteiger partial charge in [-0.25, -0.2) is 8.78 Å². The minimum Gasteiger partial charge on any atom is -0.320 e. The average molecular weight is 466 g/mol. The monoisotopic (exact) mass is 465 g/mol. The van der Waals surface area contributed by atoms with Gasteiger partial charge in [0.05, 0.1) is 5.25 Å². The molecular formula is C21H21F2N3OS3. The minimum absolute atomic E-state index is 0.438. The zero-order valence-electron chi connectivity index (χ0n) is 16.7. The lowest BCUT2D eigenvalue weighted by molar-refractivity contribution is -0.115. The number of carbonyl (C=O) groups excluding carboxylic acids is 1. The zero-order valence-corrected chi connectivity index (χ0v) is 19.1. The van der Waals surface area contributed by atoms with Gasteiger partial charge in [0.1, 0.15) is 17.3 Å². The topological polar surface area (TPSA) is 54.9 Å². The number of nitrogens with zero attached hydrogens (tertiary/aromatic N) is 2. The number of hydrogen-bond donors (Lipinski definition) is 1. The number of nitrogens with one attached hydrogen (secondary N) is 1. The van der Waals surface area contributed by atoms with Gasteiger partial charge in [-0.05, 0) is 36.1 Å². The molecule has 0 saturated carbocycles. The van der Waals surface area contributed by atoms with Crippen LogP contribution in [0.25, 0.3) is 0 Å². The first-order valence-corrected chi connectivity index (χ1v) is 12.0. The normalized spacial score (nSPS) is 12.2. The van der Waals surface area contributed by atoms with Crippen molar-refractivity contribution < 1.29 is 13.6 Å². The number of amides is 1. The van der Waals surface area contributed by atoms with Gasteiger partial charge in [0, 0.05) is 5.75 Å². The van der Waals surface area contributed by atoms with Crippen molar-refractivity contribution in [2.75, 3.05) is 5.32 Å². The van der Waals surface area contributed by atoms with Crippen LogP contribution in [0.4, 0.5) is 14.5 Å². The fraction of sp³-hybridized carbons (Fsp3) is 0.286. The second-order valence-electron chi connectivity index (χ2n) is 6.86. The summed E-state index contributed by atoms with van der Waals surface area (Å²) in [6.07, 6.45) is 0. The number of anilines is 1. The zero-order chi connectivity index (χ0) is 21.7. The molecule has 0 aliphatic heterocycles. The molecule has 1 aromatic heterocycles. The van der Waals surface area contributed by atoms with Crippen molar-refractivity contribution in [2.24, 2.45) is 0 Å². The summed E-state index contributed by atoms with van der Waals surface area (Å²) in [6, 6.07) is 12.0. The molecule has 3 rings (SSSR count). The van der Waals surface area contributed by atoms with Crippen LogP contribution in [0.1, 0.15) is 37.8 Å². The fourth-order valence-corrected chi connectivity index (χ4v) is 5.61. The third-order valence-electron chi connectivity index (χ3n) is 4.25. The van der Waals surface area contributed by atoms with Gasteiger partial charge in [-0.15, -0.1) is 10.2 Å². The van der Waals surface area contributed by atoms with E-state index in [0.29, 0.717) is 10.3 Å². The third-order valence-corrected chi connectivity index (χ3v) is 7.57. The van der Waals surface area contributed by atoms with Gasteiger partial charge in [-0.2, -0.15) is 0 Å². The number of carbonyl (C=O) groups is 1. The molecule has 3 aromatic rings. The van der Waals surface area contributed by atoms with E-state index >= 15 is 0 Å². The van der Waals surface area contributed by atoms with Crippen molar-refractivity contribution in [2.45, 2.75) is 46.4 Å². The predicted octanol–water partition coefficient (Wildman–Crippen LogP) is 6.35. The first-order chi connectivity index (χ1) is 14.3. The van der Waals surface area contributed by atoms with E-state index in [-0.39, 0.29) is 0 Å². The summed E-state index contributed by atoms with van der Waals surface area (Å²) < 4.78 is 28.8. The summed E-state index contributed by atoms with van der Waals surface area (Å²) in [6.45, 7) is 5.99. The summed E-state index contributed by atoms with van der Waals surface area (Å²) in [5, 5.41) is 9.99. The van der Waals surface area contributed by atoms with E-state index in [1.807, 2.05) is 0 Å². The standard InChI is InChI=1S/C21H21F2N3OS3/c1-12(2)15-9-7-14(8-10-15)11-28-20-25-26-21(30-20)29-13(3)19(27)24-18-16(22)5-4-6-17(18)23/h4-10,12-13H,11H2,1-3H3,(H,24,27). The molecule has 0 bridgehead atoms. The number of para-hydroxylation sites is 1. The van der Waals surface area contributed by atoms with E-state index in [1.54, 1.807) is 18.7 Å². The molecule has 0 fully saturated rings. The minimum atomic E-state index is -0.809. The van der Waals surface area contributed by atoms with E-state index in [2.05, 4.69) is 53.6 Å². The molecule has 1 heterocycles. The van der Waals surface area contributed by atoms with Crippen LogP contribution < -0.4 is 5.32 Å². The van der Waals surface area contributed by atoms with Gasteiger partial charge in [0.25, 0.3) is 0 Å². The fourth-order valence-electron chi connectivity index (χ4n) is 2.49. The SMILES string of the molecule is CC(Sc1nnc(SCc2ccc(C(C)C)cc2)s1)C(=O)Nc1c(F)cccc1F. The lowest BCUT2D eigenvalue weighted by Crippen LogP contribution is -2.23.